The maximum absolute atomic E-state index is 15.1. The van der Waals surface area contributed by atoms with E-state index in [4.69, 9.17) is 24.7 Å². The lowest BCUT2D eigenvalue weighted by Gasteiger charge is -2.18. The summed E-state index contributed by atoms with van der Waals surface area (Å²) < 4.78 is 37.3. The van der Waals surface area contributed by atoms with Gasteiger partial charge in [-0.2, -0.15) is 0 Å². The van der Waals surface area contributed by atoms with E-state index in [-0.39, 0.29) is 35.3 Å². The summed E-state index contributed by atoms with van der Waals surface area (Å²) in [6, 6.07) is 7.91. The highest BCUT2D eigenvalue weighted by molar-refractivity contribution is 5.93. The monoisotopic (exact) mass is 600 g/mol. The Labute approximate surface area is 251 Å². The molecule has 1 fully saturated rings. The lowest BCUT2D eigenvalue weighted by Crippen LogP contribution is -2.29. The number of likely N-dealkylation sites (tertiary alicyclic amines) is 1. The van der Waals surface area contributed by atoms with Crippen LogP contribution in [0.2, 0.25) is 0 Å². The number of rotatable bonds is 11. The summed E-state index contributed by atoms with van der Waals surface area (Å²) in [4.78, 5) is 34.4. The molecule has 0 radical (unpaired) electrons. The van der Waals surface area contributed by atoms with Crippen LogP contribution in [-0.4, -0.2) is 70.4 Å². The van der Waals surface area contributed by atoms with Gasteiger partial charge in [-0.15, -0.1) is 0 Å². The van der Waals surface area contributed by atoms with Crippen LogP contribution in [0.5, 0.6) is 23.3 Å². The minimum atomic E-state index is -0.603. The predicted octanol–water partition coefficient (Wildman–Crippen LogP) is 4.07. The lowest BCUT2D eigenvalue weighted by molar-refractivity contribution is -0.125. The van der Waals surface area contributed by atoms with E-state index in [1.807, 2.05) is 0 Å². The highest BCUT2D eigenvalue weighted by atomic mass is 19.1. The molecule has 13 nitrogen and oxygen atoms in total. The minimum absolute atomic E-state index is 0.00852. The number of fused-ring (bicyclic) bond motifs is 1. The van der Waals surface area contributed by atoms with Crippen LogP contribution in [0.25, 0.3) is 10.9 Å². The summed E-state index contributed by atoms with van der Waals surface area (Å²) in [5.74, 6) is 0.689. The molecule has 226 valence electrons. The Kier molecular flexibility index (Phi) is 9.08. The Bertz CT molecular complexity index is 1730. The highest BCUT2D eigenvalue weighted by Crippen LogP contribution is 2.36. The van der Waals surface area contributed by atoms with Crippen molar-refractivity contribution in [3.05, 3.63) is 79.5 Å². The number of carbonyl (C=O) groups excluding carboxylic acids is 1. The number of hydrogen-bond acceptors (Lipinski definition) is 12. The van der Waals surface area contributed by atoms with Crippen LogP contribution in [0.1, 0.15) is 6.42 Å². The van der Waals surface area contributed by atoms with Gasteiger partial charge >= 0.3 is 6.01 Å². The zero-order valence-electron chi connectivity index (χ0n) is 23.9. The summed E-state index contributed by atoms with van der Waals surface area (Å²) in [7, 11) is 2.99. The third-order valence-corrected chi connectivity index (χ3v) is 6.53. The van der Waals surface area contributed by atoms with Gasteiger partial charge < -0.3 is 34.9 Å². The van der Waals surface area contributed by atoms with E-state index >= 15 is 4.39 Å². The van der Waals surface area contributed by atoms with Gasteiger partial charge in [0.05, 0.1) is 50.0 Å². The molecule has 1 aliphatic heterocycles. The van der Waals surface area contributed by atoms with Crippen molar-refractivity contribution in [3.63, 3.8) is 0 Å². The van der Waals surface area contributed by atoms with E-state index in [1.54, 1.807) is 23.1 Å². The maximum atomic E-state index is 15.1. The highest BCUT2D eigenvalue weighted by Gasteiger charge is 2.27. The van der Waals surface area contributed by atoms with Gasteiger partial charge in [-0.05, 0) is 24.3 Å². The number of amides is 1. The van der Waals surface area contributed by atoms with E-state index in [0.29, 0.717) is 53.4 Å². The van der Waals surface area contributed by atoms with Crippen LogP contribution in [0.4, 0.5) is 21.6 Å². The van der Waals surface area contributed by atoms with Crippen LogP contribution in [0.15, 0.2) is 78.7 Å². The second kappa shape index (κ2) is 13.5. The van der Waals surface area contributed by atoms with Crippen molar-refractivity contribution < 1.29 is 28.1 Å². The largest absolute Gasteiger partial charge is 0.493 e. The Morgan fingerprint density at radius 3 is 2.68 bits per heavy atom. The molecule has 0 saturated carbocycles. The van der Waals surface area contributed by atoms with Gasteiger partial charge in [0, 0.05) is 42.8 Å². The minimum Gasteiger partial charge on any atom is -0.493 e. The average molecular weight is 601 g/mol. The van der Waals surface area contributed by atoms with Gasteiger partial charge in [-0.3, -0.25) is 9.79 Å². The number of ether oxygens (including phenoxy) is 4. The van der Waals surface area contributed by atoms with Crippen LogP contribution >= 0.6 is 0 Å². The number of allylic oxidation sites excluding steroid dienone is 1. The van der Waals surface area contributed by atoms with E-state index in [2.05, 4.69) is 36.8 Å². The quantitative estimate of drug-likeness (QED) is 0.145. The number of aliphatic imine (C=N–C) groups is 1. The van der Waals surface area contributed by atoms with Crippen molar-refractivity contribution in [2.45, 2.75) is 12.5 Å². The number of anilines is 2. The first kappa shape index (κ1) is 29.7. The summed E-state index contributed by atoms with van der Waals surface area (Å²) in [5.41, 5.74) is 7.10. The fourth-order valence-electron chi connectivity index (χ4n) is 4.39. The van der Waals surface area contributed by atoms with E-state index in [0.717, 1.165) is 0 Å². The number of nitrogens with zero attached hydrogens (tertiary/aromatic N) is 6. The fraction of sp³-hybridized carbons (Fsp3) is 0.200. The van der Waals surface area contributed by atoms with Gasteiger partial charge in [-0.1, -0.05) is 6.58 Å². The van der Waals surface area contributed by atoms with E-state index in [9.17, 15) is 4.79 Å². The second-order valence-corrected chi connectivity index (χ2v) is 9.40. The maximum Gasteiger partial charge on any atom is 0.316 e. The SMILES string of the molecule is C=CC(=O)N1CCC(Oc2cc3c(Nc4ccc(O/C(N)=C/C=Nc5cnc(OC)nc5)cc4F)ncnc3cc2OC)C1. The zero-order valence-corrected chi connectivity index (χ0v) is 23.9. The van der Waals surface area contributed by atoms with Gasteiger partial charge in [0.25, 0.3) is 0 Å². The van der Waals surface area contributed by atoms with Crippen molar-refractivity contribution in [2.24, 2.45) is 10.7 Å². The van der Waals surface area contributed by atoms with Crippen LogP contribution in [-0.2, 0) is 4.79 Å². The van der Waals surface area contributed by atoms with Crippen LogP contribution in [0, 0.1) is 5.82 Å². The van der Waals surface area contributed by atoms with Gasteiger partial charge in [0.15, 0.2) is 17.4 Å². The zero-order chi connectivity index (χ0) is 31.1. The average Bonchev–Trinajstić information content (AvgIpc) is 3.50. The molecule has 44 heavy (non-hydrogen) atoms. The molecule has 5 rings (SSSR count). The molecule has 1 amide bonds. The number of carbonyl (C=O) groups is 1. The van der Waals surface area contributed by atoms with Gasteiger partial charge in [0.2, 0.25) is 5.91 Å². The number of nitrogens with two attached hydrogens (primary N) is 1. The van der Waals surface area contributed by atoms with E-state index < -0.39 is 5.82 Å². The molecule has 2 aromatic heterocycles. The van der Waals surface area contributed by atoms with Crippen molar-refractivity contribution in [3.8, 4) is 23.3 Å². The van der Waals surface area contributed by atoms with Crippen molar-refractivity contribution in [1.82, 2.24) is 24.8 Å². The molecule has 0 aliphatic carbocycles. The number of benzene rings is 2. The first-order valence-corrected chi connectivity index (χ1v) is 13.4. The number of aromatic nitrogens is 4. The Morgan fingerprint density at radius 2 is 1.95 bits per heavy atom. The Hall–Kier alpha value is -5.79. The topological polar surface area (TPSA) is 159 Å². The molecular formula is C30H29FN8O5. The smallest absolute Gasteiger partial charge is 0.316 e. The summed E-state index contributed by atoms with van der Waals surface area (Å²) in [5, 5.41) is 3.59. The van der Waals surface area contributed by atoms with Gasteiger partial charge in [0.1, 0.15) is 29.8 Å². The van der Waals surface area contributed by atoms with Gasteiger partial charge in [-0.25, -0.2) is 24.3 Å². The summed E-state index contributed by atoms with van der Waals surface area (Å²) in [6.45, 7) is 4.53. The number of hydrogen-bond donors (Lipinski definition) is 2. The molecule has 0 spiro atoms. The van der Waals surface area contributed by atoms with Crippen molar-refractivity contribution >= 4 is 40.2 Å². The second-order valence-electron chi connectivity index (χ2n) is 9.40. The molecule has 1 aliphatic rings. The molecule has 14 heteroatoms. The Morgan fingerprint density at radius 1 is 1.14 bits per heavy atom. The molecule has 0 bridgehead atoms. The molecule has 1 saturated heterocycles. The van der Waals surface area contributed by atoms with Crippen LogP contribution < -0.4 is 30.0 Å². The normalized spacial score (nSPS) is 14.9. The number of halogens is 1. The fourth-order valence-corrected chi connectivity index (χ4v) is 4.39. The molecular weight excluding hydrogens is 571 g/mol. The van der Waals surface area contributed by atoms with E-state index in [1.165, 1.54) is 63.4 Å². The lowest BCUT2D eigenvalue weighted by atomic mass is 10.2. The molecule has 3 heterocycles. The third kappa shape index (κ3) is 6.98. The molecule has 3 N–H and O–H groups in total. The standard InChI is InChI=1S/C30H29FN8O5/c1-4-28(40)39-10-8-20(16-39)43-26-12-21-24(13-25(26)41-2)36-17-37-29(21)38-23-6-5-19(11-22(23)31)44-27(32)7-9-33-18-14-34-30(42-3)35-15-18/h4-7,9,11-15,17,20H,1,8,10,16,32H2,2-3H3,(H,36,37,38)/b27-7+,33-9?. The molecule has 1 atom stereocenters. The molecule has 2 aromatic carbocycles. The third-order valence-electron chi connectivity index (χ3n) is 6.53. The first-order valence-electron chi connectivity index (χ1n) is 13.4. The predicted molar refractivity (Wildman–Crippen MR) is 161 cm³/mol. The number of methoxy groups -OCH3 is 2. The Balaban J connectivity index is 1.29. The summed E-state index contributed by atoms with van der Waals surface area (Å²) in [6.07, 6.45) is 8.85. The van der Waals surface area contributed by atoms with Crippen molar-refractivity contribution in [1.29, 1.82) is 0 Å². The molecule has 1 unspecified atom stereocenters. The number of nitrogens with one attached hydrogen (secondary N) is 1. The van der Waals surface area contributed by atoms with Crippen LogP contribution in [0.3, 0.4) is 0 Å². The van der Waals surface area contributed by atoms with Crippen molar-refractivity contribution in [2.75, 3.05) is 32.6 Å². The summed E-state index contributed by atoms with van der Waals surface area (Å²) >= 11 is 0. The first-order chi connectivity index (χ1) is 21.4. The molecule has 4 aromatic rings.